The predicted octanol–water partition coefficient (Wildman–Crippen LogP) is 1.90. The van der Waals surface area contributed by atoms with Crippen LogP contribution in [0.25, 0.3) is 0 Å². The van der Waals surface area contributed by atoms with Gasteiger partial charge in [0.2, 0.25) is 0 Å². The minimum absolute atomic E-state index is 0.0764. The Bertz CT molecular complexity index is 691. The normalized spacial score (nSPS) is 13.1. The lowest BCUT2D eigenvalue weighted by atomic mass is 10.0. The number of hydrogen-bond donors (Lipinski definition) is 3. The molecule has 0 bridgehead atoms. The first-order chi connectivity index (χ1) is 11.0. The highest BCUT2D eigenvalue weighted by Gasteiger charge is 2.28. The van der Waals surface area contributed by atoms with Crippen molar-refractivity contribution in [2.24, 2.45) is 5.73 Å². The van der Waals surface area contributed by atoms with Crippen molar-refractivity contribution < 1.29 is 14.9 Å². The molecule has 2 atom stereocenters. The molecule has 2 aromatic carbocycles. The van der Waals surface area contributed by atoms with E-state index in [0.717, 1.165) is 11.1 Å². The molecule has 2 aromatic rings. The van der Waals surface area contributed by atoms with Crippen LogP contribution in [-0.2, 0) is 4.79 Å². The SMILES string of the molecule is C[C@@H]([NH2+][C@H](C(=O)NC(N)=O)c1ccccc1)c1ccccc1Cl. The fourth-order valence-corrected chi connectivity index (χ4v) is 2.75. The van der Waals surface area contributed by atoms with Crippen LogP contribution in [0, 0.1) is 0 Å². The average Bonchev–Trinajstić information content (AvgIpc) is 2.53. The third-order valence-electron chi connectivity index (χ3n) is 3.56. The lowest BCUT2D eigenvalue weighted by Crippen LogP contribution is -2.88. The second-order valence-electron chi connectivity index (χ2n) is 5.24. The molecule has 0 saturated carbocycles. The Balaban J connectivity index is 2.26. The zero-order chi connectivity index (χ0) is 16.8. The van der Waals surface area contributed by atoms with Crippen molar-refractivity contribution in [1.29, 1.82) is 0 Å². The number of quaternary nitrogens is 1. The van der Waals surface area contributed by atoms with Gasteiger partial charge in [0.15, 0.2) is 6.04 Å². The van der Waals surface area contributed by atoms with Crippen LogP contribution in [0.4, 0.5) is 4.79 Å². The summed E-state index contributed by atoms with van der Waals surface area (Å²) in [5, 5.41) is 4.64. The van der Waals surface area contributed by atoms with E-state index in [1.165, 1.54) is 0 Å². The number of hydrogen-bond acceptors (Lipinski definition) is 2. The number of halogens is 1. The van der Waals surface area contributed by atoms with Crippen LogP contribution in [0.1, 0.15) is 30.1 Å². The number of urea groups is 1. The number of benzene rings is 2. The molecule has 120 valence electrons. The number of rotatable bonds is 5. The number of nitrogens with one attached hydrogen (secondary N) is 1. The van der Waals surface area contributed by atoms with Crippen LogP contribution in [0.15, 0.2) is 54.6 Å². The Labute approximate surface area is 139 Å². The Kier molecular flexibility index (Phi) is 5.73. The van der Waals surface area contributed by atoms with Crippen LogP contribution in [0.3, 0.4) is 0 Å². The molecule has 0 aromatic heterocycles. The molecule has 0 heterocycles. The molecule has 23 heavy (non-hydrogen) atoms. The van der Waals surface area contributed by atoms with Crippen molar-refractivity contribution >= 4 is 23.5 Å². The minimum atomic E-state index is -0.866. The molecule has 0 saturated heterocycles. The van der Waals surface area contributed by atoms with Gasteiger partial charge in [-0.3, -0.25) is 10.1 Å². The second-order valence-corrected chi connectivity index (χ2v) is 5.65. The third kappa shape index (κ3) is 4.55. The number of imide groups is 1. The minimum Gasteiger partial charge on any atom is -0.351 e. The number of amides is 3. The molecule has 5 N–H and O–H groups in total. The molecule has 2 rings (SSSR count). The zero-order valence-corrected chi connectivity index (χ0v) is 13.5. The first-order valence-electron chi connectivity index (χ1n) is 7.23. The average molecular weight is 333 g/mol. The highest BCUT2D eigenvalue weighted by Crippen LogP contribution is 2.21. The molecule has 0 aliphatic rings. The van der Waals surface area contributed by atoms with Gasteiger partial charge >= 0.3 is 6.03 Å². The van der Waals surface area contributed by atoms with E-state index in [2.05, 4.69) is 5.32 Å². The van der Waals surface area contributed by atoms with Crippen LogP contribution in [-0.4, -0.2) is 11.9 Å². The fourth-order valence-electron chi connectivity index (χ4n) is 2.45. The van der Waals surface area contributed by atoms with Gasteiger partial charge in [-0.2, -0.15) is 0 Å². The Hall–Kier alpha value is -2.37. The summed E-state index contributed by atoms with van der Waals surface area (Å²) in [6.07, 6.45) is 0. The van der Waals surface area contributed by atoms with Gasteiger partial charge in [0.05, 0.1) is 0 Å². The van der Waals surface area contributed by atoms with Gasteiger partial charge in [-0.15, -0.1) is 0 Å². The molecule has 5 nitrogen and oxygen atoms in total. The fraction of sp³-hybridized carbons (Fsp3) is 0.176. The van der Waals surface area contributed by atoms with Crippen LogP contribution in [0.5, 0.6) is 0 Å². The van der Waals surface area contributed by atoms with Crippen molar-refractivity contribution in [3.8, 4) is 0 Å². The lowest BCUT2D eigenvalue weighted by Gasteiger charge is -2.20. The monoisotopic (exact) mass is 332 g/mol. The zero-order valence-electron chi connectivity index (χ0n) is 12.7. The molecule has 0 aliphatic carbocycles. The van der Waals surface area contributed by atoms with Crippen LogP contribution >= 0.6 is 11.6 Å². The second kappa shape index (κ2) is 7.76. The van der Waals surface area contributed by atoms with E-state index >= 15 is 0 Å². The maximum Gasteiger partial charge on any atom is 0.319 e. The Morgan fingerprint density at radius 3 is 2.30 bits per heavy atom. The number of primary amides is 1. The van der Waals surface area contributed by atoms with Crippen LogP contribution < -0.4 is 16.4 Å². The van der Waals surface area contributed by atoms with E-state index in [1.807, 2.05) is 66.8 Å². The summed E-state index contributed by atoms with van der Waals surface area (Å²) in [4.78, 5) is 23.3. The molecular formula is C17H19ClN3O2+. The predicted molar refractivity (Wildman–Crippen MR) is 88.7 cm³/mol. The summed E-state index contributed by atoms with van der Waals surface area (Å²) < 4.78 is 0. The van der Waals surface area contributed by atoms with E-state index in [4.69, 9.17) is 17.3 Å². The molecule has 3 amide bonds. The summed E-state index contributed by atoms with van der Waals surface area (Å²) >= 11 is 6.22. The first-order valence-corrected chi connectivity index (χ1v) is 7.61. The number of nitrogens with two attached hydrogens (primary N) is 2. The van der Waals surface area contributed by atoms with E-state index < -0.39 is 18.0 Å². The summed E-state index contributed by atoms with van der Waals surface area (Å²) in [6, 6.07) is 15.1. The highest BCUT2D eigenvalue weighted by atomic mass is 35.5. The van der Waals surface area contributed by atoms with E-state index in [9.17, 15) is 9.59 Å². The molecule has 0 unspecified atom stereocenters. The van der Waals surface area contributed by atoms with Gasteiger partial charge in [-0.05, 0) is 13.0 Å². The van der Waals surface area contributed by atoms with Gasteiger partial charge in [-0.1, -0.05) is 60.1 Å². The van der Waals surface area contributed by atoms with E-state index in [-0.39, 0.29) is 6.04 Å². The molecule has 6 heteroatoms. The number of carbonyl (C=O) groups excluding carboxylic acids is 2. The first kappa shape index (κ1) is 17.0. The quantitative estimate of drug-likeness (QED) is 0.780. The van der Waals surface area contributed by atoms with Gasteiger partial charge in [0.25, 0.3) is 5.91 Å². The standard InChI is InChI=1S/C17H18ClN3O2/c1-11(13-9-5-6-10-14(13)18)20-15(16(22)21-17(19)23)12-7-3-2-4-8-12/h2-11,15,20H,1H3,(H3,19,21,22,23)/p+1/t11-,15+/m1/s1. The van der Waals surface area contributed by atoms with E-state index in [1.54, 1.807) is 0 Å². The largest absolute Gasteiger partial charge is 0.351 e. The van der Waals surface area contributed by atoms with Crippen molar-refractivity contribution in [3.63, 3.8) is 0 Å². The lowest BCUT2D eigenvalue weighted by molar-refractivity contribution is -0.719. The van der Waals surface area contributed by atoms with Gasteiger partial charge in [-0.25, -0.2) is 4.79 Å². The molecular weight excluding hydrogens is 314 g/mol. The van der Waals surface area contributed by atoms with Crippen molar-refractivity contribution in [2.45, 2.75) is 19.0 Å². The topological polar surface area (TPSA) is 88.8 Å². The highest BCUT2D eigenvalue weighted by molar-refractivity contribution is 6.31. The van der Waals surface area contributed by atoms with Crippen molar-refractivity contribution in [2.75, 3.05) is 0 Å². The van der Waals surface area contributed by atoms with Crippen molar-refractivity contribution in [1.82, 2.24) is 5.32 Å². The Morgan fingerprint density at radius 1 is 1.09 bits per heavy atom. The van der Waals surface area contributed by atoms with Crippen LogP contribution in [0.2, 0.25) is 5.02 Å². The van der Waals surface area contributed by atoms with Gasteiger partial charge in [0.1, 0.15) is 6.04 Å². The molecule has 0 radical (unpaired) electrons. The van der Waals surface area contributed by atoms with Gasteiger partial charge in [0, 0.05) is 16.1 Å². The van der Waals surface area contributed by atoms with Gasteiger partial charge < -0.3 is 11.1 Å². The molecule has 0 aliphatic heterocycles. The maximum atomic E-state index is 12.3. The molecule has 0 spiro atoms. The summed E-state index contributed by atoms with van der Waals surface area (Å²) in [7, 11) is 0. The molecule has 0 fully saturated rings. The summed E-state index contributed by atoms with van der Waals surface area (Å²) in [5.41, 5.74) is 6.77. The number of carbonyl (C=O) groups is 2. The van der Waals surface area contributed by atoms with Crippen molar-refractivity contribution in [3.05, 3.63) is 70.7 Å². The summed E-state index contributed by atoms with van der Waals surface area (Å²) in [6.45, 7) is 1.95. The Morgan fingerprint density at radius 2 is 1.70 bits per heavy atom. The summed E-state index contributed by atoms with van der Waals surface area (Å²) in [5.74, 6) is -0.456. The third-order valence-corrected chi connectivity index (χ3v) is 3.91. The maximum absolute atomic E-state index is 12.3. The van der Waals surface area contributed by atoms with E-state index in [0.29, 0.717) is 5.02 Å². The smallest absolute Gasteiger partial charge is 0.319 e.